The van der Waals surface area contributed by atoms with Crippen LogP contribution >= 0.6 is 0 Å². The van der Waals surface area contributed by atoms with Crippen LogP contribution in [0.5, 0.6) is 0 Å². The smallest absolute Gasteiger partial charge is 0.411 e. The summed E-state index contributed by atoms with van der Waals surface area (Å²) in [7, 11) is -1.28. The Balaban J connectivity index is 1.76. The van der Waals surface area contributed by atoms with E-state index in [1.54, 1.807) is 16.8 Å². The van der Waals surface area contributed by atoms with E-state index in [0.717, 1.165) is 10.4 Å². The SMILES string of the molecule is Cc1c(Cc2c(CO[Si](C)(C)C(C)(C)C)nc3c(C4=CN(S(=O)(=O)N(C)C)CN4C)cc(N4CCOC(C)C4)nn23)cccc1C(F)(F)F. The van der Waals surface area contributed by atoms with Gasteiger partial charge in [0, 0.05) is 52.4 Å². The highest BCUT2D eigenvalue weighted by atomic mass is 32.2. The van der Waals surface area contributed by atoms with Crippen LogP contribution in [0.1, 0.15) is 61.3 Å². The number of ether oxygens (including phenoxy) is 1. The van der Waals surface area contributed by atoms with Crippen molar-refractivity contribution in [2.45, 2.75) is 78.1 Å². The third-order valence-electron chi connectivity index (χ3n) is 9.86. The number of fused-ring (bicyclic) bond motifs is 1. The zero-order valence-corrected chi connectivity index (χ0v) is 31.8. The number of morpholine rings is 1. The van der Waals surface area contributed by atoms with Gasteiger partial charge < -0.3 is 19.0 Å². The molecule has 1 unspecified atom stereocenters. The molecule has 0 saturated carbocycles. The molecule has 270 valence electrons. The summed E-state index contributed by atoms with van der Waals surface area (Å²) in [5, 5.41) is 4.98. The van der Waals surface area contributed by atoms with Gasteiger partial charge in [-0.2, -0.15) is 25.9 Å². The van der Waals surface area contributed by atoms with Gasteiger partial charge in [-0.05, 0) is 55.2 Å². The van der Waals surface area contributed by atoms with Gasteiger partial charge in [0.2, 0.25) is 0 Å². The Kier molecular flexibility index (Phi) is 9.97. The van der Waals surface area contributed by atoms with Crippen molar-refractivity contribution in [3.63, 3.8) is 0 Å². The standard InChI is InChI=1S/C33H48F3N7O4SSi/c1-22-18-41(14-15-46-22)30-17-25(29-19-42(21-40(29)8)48(44,45)39(6)7)31-37-27(20-47-49(9,10)32(3,4)5)28(43(31)38-30)16-24-12-11-13-26(23(24)2)33(34,35)36/h11-13,17,19,22H,14-16,18,20-21H2,1-10H3. The Labute approximate surface area is 288 Å². The molecule has 2 aliphatic heterocycles. The van der Waals surface area contributed by atoms with Crippen molar-refractivity contribution in [3.05, 3.63) is 64.1 Å². The molecule has 1 aromatic carbocycles. The quantitative estimate of drug-likeness (QED) is 0.260. The Morgan fingerprint density at radius 2 is 1.86 bits per heavy atom. The van der Waals surface area contributed by atoms with Crippen molar-refractivity contribution in [1.82, 2.24) is 28.1 Å². The first-order valence-corrected chi connectivity index (χ1v) is 20.6. The number of hydrogen-bond acceptors (Lipinski definition) is 8. The maximum Gasteiger partial charge on any atom is 0.416 e. The predicted molar refractivity (Wildman–Crippen MR) is 187 cm³/mol. The second-order valence-corrected chi connectivity index (χ2v) is 21.5. The first kappa shape index (κ1) is 37.1. The average molecular weight is 724 g/mol. The zero-order valence-electron chi connectivity index (χ0n) is 30.0. The highest BCUT2D eigenvalue weighted by Crippen LogP contribution is 2.39. The molecule has 0 N–H and O–H groups in total. The van der Waals surface area contributed by atoms with E-state index in [2.05, 4.69) is 38.8 Å². The lowest BCUT2D eigenvalue weighted by Crippen LogP contribution is -2.41. The normalized spacial score (nSPS) is 18.3. The van der Waals surface area contributed by atoms with E-state index in [9.17, 15) is 21.6 Å². The molecule has 1 atom stereocenters. The molecule has 0 aliphatic carbocycles. The van der Waals surface area contributed by atoms with Crippen LogP contribution in [0, 0.1) is 6.92 Å². The van der Waals surface area contributed by atoms with E-state index < -0.39 is 30.3 Å². The summed E-state index contributed by atoms with van der Waals surface area (Å²) < 4.78 is 84.9. The molecular weight excluding hydrogens is 676 g/mol. The van der Waals surface area contributed by atoms with Gasteiger partial charge in [-0.15, -0.1) is 5.10 Å². The highest BCUT2D eigenvalue weighted by Gasteiger charge is 2.38. The molecule has 1 saturated heterocycles. The minimum Gasteiger partial charge on any atom is -0.411 e. The Morgan fingerprint density at radius 3 is 2.47 bits per heavy atom. The summed E-state index contributed by atoms with van der Waals surface area (Å²) in [5.41, 5.74) is 2.85. The minimum absolute atomic E-state index is 0.0487. The molecule has 2 aromatic heterocycles. The van der Waals surface area contributed by atoms with E-state index in [1.165, 1.54) is 31.4 Å². The lowest BCUT2D eigenvalue weighted by Gasteiger charge is -2.36. The Hall–Kier alpha value is -3.18. The van der Waals surface area contributed by atoms with Gasteiger partial charge in [0.25, 0.3) is 0 Å². The summed E-state index contributed by atoms with van der Waals surface area (Å²) in [5.74, 6) is 0.622. The van der Waals surface area contributed by atoms with E-state index in [1.807, 2.05) is 24.9 Å². The van der Waals surface area contributed by atoms with Crippen LogP contribution in [-0.4, -0.2) is 98.5 Å². The molecule has 3 aromatic rings. The van der Waals surface area contributed by atoms with Gasteiger partial charge in [-0.25, -0.2) is 13.8 Å². The minimum atomic E-state index is -4.50. The first-order valence-electron chi connectivity index (χ1n) is 16.3. The van der Waals surface area contributed by atoms with Crippen LogP contribution in [0.25, 0.3) is 11.3 Å². The van der Waals surface area contributed by atoms with Crippen molar-refractivity contribution < 1.29 is 30.8 Å². The van der Waals surface area contributed by atoms with E-state index in [0.29, 0.717) is 59.4 Å². The van der Waals surface area contributed by atoms with Gasteiger partial charge in [0.1, 0.15) is 6.67 Å². The van der Waals surface area contributed by atoms with Crippen LogP contribution < -0.4 is 4.90 Å². The number of anilines is 1. The zero-order chi connectivity index (χ0) is 36.3. The van der Waals surface area contributed by atoms with Crippen LogP contribution in [0.3, 0.4) is 0 Å². The van der Waals surface area contributed by atoms with Crippen LogP contribution in [0.15, 0.2) is 30.5 Å². The molecule has 0 radical (unpaired) electrons. The number of nitrogens with zero attached hydrogens (tertiary/aromatic N) is 7. The number of rotatable bonds is 9. The van der Waals surface area contributed by atoms with Crippen molar-refractivity contribution in [3.8, 4) is 0 Å². The summed E-state index contributed by atoms with van der Waals surface area (Å²) in [4.78, 5) is 9.02. The van der Waals surface area contributed by atoms with Crippen molar-refractivity contribution in [1.29, 1.82) is 0 Å². The fraction of sp³-hybridized carbons (Fsp3) is 0.576. The molecule has 1 fully saturated rings. The summed E-state index contributed by atoms with van der Waals surface area (Å²) in [6.07, 6.45) is -2.84. The van der Waals surface area contributed by atoms with E-state index in [4.69, 9.17) is 19.2 Å². The Bertz CT molecular complexity index is 1850. The third kappa shape index (κ3) is 7.34. The van der Waals surface area contributed by atoms with Crippen LogP contribution in [0.4, 0.5) is 19.0 Å². The highest BCUT2D eigenvalue weighted by molar-refractivity contribution is 7.86. The largest absolute Gasteiger partial charge is 0.416 e. The molecule has 0 spiro atoms. The van der Waals surface area contributed by atoms with Gasteiger partial charge in [-0.1, -0.05) is 32.9 Å². The number of halogens is 3. The van der Waals surface area contributed by atoms with E-state index >= 15 is 0 Å². The first-order chi connectivity index (χ1) is 22.6. The van der Waals surface area contributed by atoms with Crippen LogP contribution in [-0.2, 0) is 38.6 Å². The van der Waals surface area contributed by atoms with Crippen molar-refractivity contribution >= 4 is 35.7 Å². The summed E-state index contributed by atoms with van der Waals surface area (Å²) in [6, 6.07) is 6.14. The lowest BCUT2D eigenvalue weighted by molar-refractivity contribution is -0.138. The second kappa shape index (κ2) is 13.2. The number of hydrogen-bond donors (Lipinski definition) is 0. The molecular formula is C33H48F3N7O4SSi. The maximum atomic E-state index is 14.0. The second-order valence-electron chi connectivity index (χ2n) is 14.6. The third-order valence-corrected chi connectivity index (χ3v) is 16.1. The lowest BCUT2D eigenvalue weighted by atomic mass is 9.98. The van der Waals surface area contributed by atoms with Gasteiger partial charge in [0.15, 0.2) is 19.8 Å². The summed E-state index contributed by atoms with van der Waals surface area (Å²) in [6.45, 7) is 16.1. The summed E-state index contributed by atoms with van der Waals surface area (Å²) >= 11 is 0. The molecule has 4 heterocycles. The maximum absolute atomic E-state index is 14.0. The Morgan fingerprint density at radius 1 is 1.16 bits per heavy atom. The number of benzene rings is 1. The topological polar surface area (TPSA) is 95.8 Å². The number of alkyl halides is 3. The molecule has 11 nitrogen and oxygen atoms in total. The van der Waals surface area contributed by atoms with Gasteiger partial charge in [0.05, 0.1) is 42.0 Å². The number of aromatic nitrogens is 3. The molecule has 0 amide bonds. The van der Waals surface area contributed by atoms with E-state index in [-0.39, 0.29) is 36.4 Å². The molecule has 2 aliphatic rings. The molecule has 16 heteroatoms. The predicted octanol–water partition coefficient (Wildman–Crippen LogP) is 5.70. The molecule has 0 bridgehead atoms. The van der Waals surface area contributed by atoms with Gasteiger partial charge in [-0.3, -0.25) is 0 Å². The monoisotopic (exact) mass is 723 g/mol. The average Bonchev–Trinajstić information content (AvgIpc) is 3.56. The number of imidazole rings is 1. The van der Waals surface area contributed by atoms with Crippen LogP contribution in [0.2, 0.25) is 18.1 Å². The van der Waals surface area contributed by atoms with Gasteiger partial charge >= 0.3 is 16.4 Å². The molecule has 49 heavy (non-hydrogen) atoms. The fourth-order valence-corrected chi connectivity index (χ4v) is 7.67. The fourth-order valence-electron chi connectivity index (χ4n) is 5.77. The molecule has 5 rings (SSSR count). The van der Waals surface area contributed by atoms with Crippen molar-refractivity contribution in [2.24, 2.45) is 0 Å². The van der Waals surface area contributed by atoms with Crippen molar-refractivity contribution in [2.75, 3.05) is 52.4 Å².